The summed E-state index contributed by atoms with van der Waals surface area (Å²) in [7, 11) is 1.73. The van der Waals surface area contributed by atoms with E-state index in [1.54, 1.807) is 7.11 Å². The van der Waals surface area contributed by atoms with Gasteiger partial charge in [-0.15, -0.1) is 0 Å². The van der Waals surface area contributed by atoms with E-state index >= 15 is 0 Å². The average molecular weight is 288 g/mol. The number of para-hydroxylation sites is 2. The Morgan fingerprint density at radius 1 is 1.43 bits per heavy atom. The molecule has 1 fully saturated rings. The van der Waals surface area contributed by atoms with Crippen molar-refractivity contribution >= 4 is 11.0 Å². The third kappa shape index (κ3) is 2.83. The van der Waals surface area contributed by atoms with Gasteiger partial charge in [-0.3, -0.25) is 0 Å². The molecule has 4 heteroatoms. The molecule has 1 aromatic carbocycles. The van der Waals surface area contributed by atoms with Gasteiger partial charge in [-0.05, 0) is 38.3 Å². The van der Waals surface area contributed by atoms with Gasteiger partial charge in [0.05, 0.1) is 22.7 Å². The molecule has 2 aromatic rings. The van der Waals surface area contributed by atoms with E-state index in [0.29, 0.717) is 12.8 Å². The number of aryl methyl sites for hydroxylation is 1. The lowest BCUT2D eigenvalue weighted by atomic mass is 9.80. The van der Waals surface area contributed by atoms with Crippen LogP contribution in [0.3, 0.4) is 0 Å². The maximum Gasteiger partial charge on any atom is 0.112 e. The molecule has 1 aliphatic carbocycles. The highest BCUT2D eigenvalue weighted by Gasteiger charge is 2.36. The number of fused-ring (bicyclic) bond motifs is 1. The lowest BCUT2D eigenvalue weighted by Crippen LogP contribution is -2.40. The molecule has 21 heavy (non-hydrogen) atoms. The lowest BCUT2D eigenvalue weighted by molar-refractivity contribution is -0.0594. The number of ether oxygens (including phenoxy) is 1. The molecule has 1 heterocycles. The molecule has 0 amide bonds. The monoisotopic (exact) mass is 288 g/mol. The van der Waals surface area contributed by atoms with Gasteiger partial charge in [-0.1, -0.05) is 12.1 Å². The van der Waals surface area contributed by atoms with Crippen LogP contribution in [0.4, 0.5) is 0 Å². The van der Waals surface area contributed by atoms with Crippen LogP contribution in [0.2, 0.25) is 0 Å². The van der Waals surface area contributed by atoms with Crippen LogP contribution in [-0.2, 0) is 17.7 Å². The molecule has 3 rings (SSSR count). The van der Waals surface area contributed by atoms with Gasteiger partial charge in [0, 0.05) is 26.5 Å². The molecule has 1 N–H and O–H groups in total. The Kier molecular flexibility index (Phi) is 4.00. The lowest BCUT2D eigenvalue weighted by Gasteiger charge is -2.36. The molecule has 0 spiro atoms. The van der Waals surface area contributed by atoms with E-state index in [4.69, 9.17) is 9.72 Å². The van der Waals surface area contributed by atoms with Crippen LogP contribution in [-0.4, -0.2) is 33.5 Å². The maximum atomic E-state index is 10.9. The van der Waals surface area contributed by atoms with Crippen molar-refractivity contribution in [3.8, 4) is 0 Å². The second kappa shape index (κ2) is 5.78. The Morgan fingerprint density at radius 3 is 3.00 bits per heavy atom. The van der Waals surface area contributed by atoms with Crippen LogP contribution in [0.15, 0.2) is 24.3 Å². The third-order valence-corrected chi connectivity index (χ3v) is 4.65. The van der Waals surface area contributed by atoms with Gasteiger partial charge in [0.2, 0.25) is 0 Å². The van der Waals surface area contributed by atoms with Gasteiger partial charge in [0.1, 0.15) is 5.82 Å². The standard InChI is InChI=1S/C17H24N2O2/c1-3-19-15-9-5-4-8-14(15)18-16(19)12-17(20)10-6-7-13(11-17)21-2/h4-5,8-9,13,20H,3,6-7,10-12H2,1-2H3. The predicted octanol–water partition coefficient (Wildman–Crippen LogP) is 2.92. The fraction of sp³-hybridized carbons (Fsp3) is 0.588. The molecule has 0 radical (unpaired) electrons. The minimum atomic E-state index is -0.687. The number of benzene rings is 1. The number of hydrogen-bond donors (Lipinski definition) is 1. The molecule has 2 unspecified atom stereocenters. The topological polar surface area (TPSA) is 47.3 Å². The highest BCUT2D eigenvalue weighted by molar-refractivity contribution is 5.75. The fourth-order valence-corrected chi connectivity index (χ4v) is 3.56. The summed E-state index contributed by atoms with van der Waals surface area (Å²) in [6.45, 7) is 3.00. The number of aliphatic hydroxyl groups is 1. The van der Waals surface area contributed by atoms with Crippen LogP contribution in [0.5, 0.6) is 0 Å². The SMILES string of the molecule is CCn1c(CC2(O)CCCC(OC)C2)nc2ccccc21. The quantitative estimate of drug-likeness (QED) is 0.941. The van der Waals surface area contributed by atoms with Crippen molar-refractivity contribution in [1.82, 2.24) is 9.55 Å². The molecule has 0 saturated heterocycles. The highest BCUT2D eigenvalue weighted by atomic mass is 16.5. The number of imidazole rings is 1. The Hall–Kier alpha value is -1.39. The first-order valence-corrected chi connectivity index (χ1v) is 7.84. The van der Waals surface area contributed by atoms with Crippen molar-refractivity contribution in [1.29, 1.82) is 0 Å². The molecule has 1 aliphatic rings. The van der Waals surface area contributed by atoms with E-state index < -0.39 is 5.60 Å². The summed E-state index contributed by atoms with van der Waals surface area (Å²) in [5, 5.41) is 10.9. The first-order valence-electron chi connectivity index (χ1n) is 7.84. The highest BCUT2D eigenvalue weighted by Crippen LogP contribution is 2.33. The zero-order valence-corrected chi connectivity index (χ0v) is 12.9. The molecule has 4 nitrogen and oxygen atoms in total. The zero-order valence-electron chi connectivity index (χ0n) is 12.9. The number of rotatable bonds is 4. The smallest absolute Gasteiger partial charge is 0.112 e. The minimum absolute atomic E-state index is 0.170. The minimum Gasteiger partial charge on any atom is -0.389 e. The average Bonchev–Trinajstić information content (AvgIpc) is 2.83. The van der Waals surface area contributed by atoms with Gasteiger partial charge in [-0.25, -0.2) is 4.98 Å². The molecular weight excluding hydrogens is 264 g/mol. The number of nitrogens with zero attached hydrogens (tertiary/aromatic N) is 2. The second-order valence-corrected chi connectivity index (χ2v) is 6.12. The van der Waals surface area contributed by atoms with E-state index in [0.717, 1.165) is 42.7 Å². The van der Waals surface area contributed by atoms with E-state index in [2.05, 4.69) is 17.6 Å². The van der Waals surface area contributed by atoms with Gasteiger partial charge < -0.3 is 14.4 Å². The van der Waals surface area contributed by atoms with Crippen molar-refractivity contribution in [2.75, 3.05) is 7.11 Å². The number of methoxy groups -OCH3 is 1. The summed E-state index contributed by atoms with van der Waals surface area (Å²) in [5.74, 6) is 0.984. The molecule has 0 bridgehead atoms. The normalized spacial score (nSPS) is 26.3. The molecule has 1 saturated carbocycles. The molecule has 1 aromatic heterocycles. The Bertz CT molecular complexity index is 622. The predicted molar refractivity (Wildman–Crippen MR) is 83.3 cm³/mol. The van der Waals surface area contributed by atoms with Crippen LogP contribution < -0.4 is 0 Å². The zero-order chi connectivity index (χ0) is 14.9. The maximum absolute atomic E-state index is 10.9. The molecular formula is C17H24N2O2. The first-order chi connectivity index (χ1) is 10.1. The van der Waals surface area contributed by atoms with Crippen LogP contribution >= 0.6 is 0 Å². The fourth-order valence-electron chi connectivity index (χ4n) is 3.56. The summed E-state index contributed by atoms with van der Waals surface area (Å²) in [6, 6.07) is 8.18. The molecule has 0 aliphatic heterocycles. The van der Waals surface area contributed by atoms with E-state index in [1.807, 2.05) is 18.2 Å². The summed E-state index contributed by atoms with van der Waals surface area (Å²) in [4.78, 5) is 4.74. The van der Waals surface area contributed by atoms with Crippen molar-refractivity contribution in [2.24, 2.45) is 0 Å². The Labute approximate surface area is 125 Å². The van der Waals surface area contributed by atoms with Gasteiger partial charge in [0.15, 0.2) is 0 Å². The summed E-state index contributed by atoms with van der Waals surface area (Å²) >= 11 is 0. The third-order valence-electron chi connectivity index (χ3n) is 4.65. The number of aromatic nitrogens is 2. The van der Waals surface area contributed by atoms with E-state index in [9.17, 15) is 5.11 Å². The largest absolute Gasteiger partial charge is 0.389 e. The van der Waals surface area contributed by atoms with Crippen molar-refractivity contribution in [3.05, 3.63) is 30.1 Å². The first kappa shape index (κ1) is 14.5. The molecule has 114 valence electrons. The Balaban J connectivity index is 1.90. The summed E-state index contributed by atoms with van der Waals surface area (Å²) in [5.41, 5.74) is 1.47. The van der Waals surface area contributed by atoms with Crippen molar-refractivity contribution in [3.63, 3.8) is 0 Å². The van der Waals surface area contributed by atoms with Gasteiger partial charge in [0.25, 0.3) is 0 Å². The van der Waals surface area contributed by atoms with E-state index in [-0.39, 0.29) is 6.10 Å². The second-order valence-electron chi connectivity index (χ2n) is 6.12. The van der Waals surface area contributed by atoms with Gasteiger partial charge in [-0.2, -0.15) is 0 Å². The van der Waals surface area contributed by atoms with Crippen LogP contribution in [0.1, 0.15) is 38.4 Å². The van der Waals surface area contributed by atoms with Gasteiger partial charge >= 0.3 is 0 Å². The molecule has 2 atom stereocenters. The van der Waals surface area contributed by atoms with Crippen LogP contribution in [0.25, 0.3) is 11.0 Å². The summed E-state index contributed by atoms with van der Waals surface area (Å²) < 4.78 is 7.66. The van der Waals surface area contributed by atoms with Crippen molar-refractivity contribution < 1.29 is 9.84 Å². The van der Waals surface area contributed by atoms with Crippen LogP contribution in [0, 0.1) is 0 Å². The van der Waals surface area contributed by atoms with Crippen molar-refractivity contribution in [2.45, 2.75) is 57.3 Å². The van der Waals surface area contributed by atoms with E-state index in [1.165, 1.54) is 0 Å². The summed E-state index contributed by atoms with van der Waals surface area (Å²) in [6.07, 6.45) is 4.37. The number of hydrogen-bond acceptors (Lipinski definition) is 3. The Morgan fingerprint density at radius 2 is 2.24 bits per heavy atom.